The van der Waals surface area contributed by atoms with Crippen LogP contribution in [-0.4, -0.2) is 13.7 Å². The van der Waals surface area contributed by atoms with Crippen molar-refractivity contribution >= 4 is 23.2 Å². The van der Waals surface area contributed by atoms with Crippen LogP contribution >= 0.6 is 23.2 Å². The maximum absolute atomic E-state index is 6.23. The summed E-state index contributed by atoms with van der Waals surface area (Å²) in [4.78, 5) is 0. The number of hydrogen-bond acceptors (Lipinski definition) is 2. The Labute approximate surface area is 145 Å². The van der Waals surface area contributed by atoms with E-state index < -0.39 is 0 Å². The van der Waals surface area contributed by atoms with Crippen molar-refractivity contribution in [2.75, 3.05) is 13.7 Å². The number of halogens is 2. The molecule has 126 valence electrons. The van der Waals surface area contributed by atoms with Gasteiger partial charge in [0.15, 0.2) is 0 Å². The van der Waals surface area contributed by atoms with Crippen LogP contribution in [0.3, 0.4) is 0 Å². The predicted octanol–water partition coefficient (Wildman–Crippen LogP) is 6.23. The Morgan fingerprint density at radius 1 is 0.955 bits per heavy atom. The van der Waals surface area contributed by atoms with Gasteiger partial charge in [-0.2, -0.15) is 0 Å². The zero-order valence-electron chi connectivity index (χ0n) is 13.9. The Hall–Kier alpha value is -0.440. The highest BCUT2D eigenvalue weighted by atomic mass is 35.5. The average molecular weight is 346 g/mol. The van der Waals surface area contributed by atoms with E-state index in [-0.39, 0.29) is 0 Å². The zero-order chi connectivity index (χ0) is 16.2. The molecular weight excluding hydrogens is 317 g/mol. The lowest BCUT2D eigenvalue weighted by Crippen LogP contribution is -2.15. The predicted molar refractivity (Wildman–Crippen MR) is 97.3 cm³/mol. The standard InChI is InChI=1S/C18H29Cl2NO/c1-3-4-5-6-7-8-9-10-11-21-14-16-17(20)12-15(19)13-18(16)22-2/h12-13,21H,3-11,14H2,1-2H3. The van der Waals surface area contributed by atoms with Gasteiger partial charge >= 0.3 is 0 Å². The Bertz CT molecular complexity index is 424. The van der Waals surface area contributed by atoms with Crippen LogP contribution in [0.25, 0.3) is 0 Å². The van der Waals surface area contributed by atoms with Gasteiger partial charge in [-0.1, -0.05) is 75.1 Å². The third kappa shape index (κ3) is 7.71. The molecule has 1 N–H and O–H groups in total. The molecule has 0 amide bonds. The van der Waals surface area contributed by atoms with Crippen LogP contribution in [0, 0.1) is 0 Å². The number of unbranched alkanes of at least 4 members (excludes halogenated alkanes) is 7. The van der Waals surface area contributed by atoms with Gasteiger partial charge in [-0.3, -0.25) is 0 Å². The van der Waals surface area contributed by atoms with Gasteiger partial charge in [0.2, 0.25) is 0 Å². The van der Waals surface area contributed by atoms with Crippen LogP contribution in [-0.2, 0) is 6.54 Å². The molecule has 0 aliphatic heterocycles. The Morgan fingerprint density at radius 3 is 2.23 bits per heavy atom. The number of nitrogens with one attached hydrogen (secondary N) is 1. The number of rotatable bonds is 12. The number of benzene rings is 1. The maximum atomic E-state index is 6.23. The molecule has 1 aromatic carbocycles. The molecule has 0 aromatic heterocycles. The molecule has 0 radical (unpaired) electrons. The first-order valence-electron chi connectivity index (χ1n) is 8.41. The lowest BCUT2D eigenvalue weighted by Gasteiger charge is -2.12. The van der Waals surface area contributed by atoms with E-state index in [0.29, 0.717) is 10.0 Å². The summed E-state index contributed by atoms with van der Waals surface area (Å²) in [6.45, 7) is 3.99. The Morgan fingerprint density at radius 2 is 1.59 bits per heavy atom. The number of ether oxygens (including phenoxy) is 1. The molecule has 2 nitrogen and oxygen atoms in total. The van der Waals surface area contributed by atoms with E-state index in [1.54, 1.807) is 19.2 Å². The van der Waals surface area contributed by atoms with Crippen molar-refractivity contribution in [1.29, 1.82) is 0 Å². The van der Waals surface area contributed by atoms with Gasteiger partial charge in [-0.25, -0.2) is 0 Å². The second kappa shape index (κ2) is 12.0. The highest BCUT2D eigenvalue weighted by Gasteiger charge is 2.09. The molecule has 0 saturated heterocycles. The normalized spacial score (nSPS) is 10.9. The molecule has 4 heteroatoms. The zero-order valence-corrected chi connectivity index (χ0v) is 15.4. The second-order valence-corrected chi connectivity index (χ2v) is 6.56. The van der Waals surface area contributed by atoms with Crippen LogP contribution in [0.15, 0.2) is 12.1 Å². The van der Waals surface area contributed by atoms with Gasteiger partial charge in [0.05, 0.1) is 12.1 Å². The SMILES string of the molecule is CCCCCCCCCCNCc1c(Cl)cc(Cl)cc1OC. The minimum Gasteiger partial charge on any atom is -0.496 e. The van der Waals surface area contributed by atoms with Crippen LogP contribution in [0.5, 0.6) is 5.75 Å². The second-order valence-electron chi connectivity index (χ2n) is 5.72. The van der Waals surface area contributed by atoms with Crippen LogP contribution < -0.4 is 10.1 Å². The molecule has 0 aliphatic carbocycles. The number of methoxy groups -OCH3 is 1. The van der Waals surface area contributed by atoms with Crippen molar-refractivity contribution in [3.8, 4) is 5.75 Å². The number of hydrogen-bond donors (Lipinski definition) is 1. The first kappa shape index (κ1) is 19.6. The van der Waals surface area contributed by atoms with Crippen LogP contribution in [0.4, 0.5) is 0 Å². The highest BCUT2D eigenvalue weighted by molar-refractivity contribution is 6.35. The fourth-order valence-corrected chi connectivity index (χ4v) is 3.07. The quantitative estimate of drug-likeness (QED) is 0.453. The lowest BCUT2D eigenvalue weighted by atomic mass is 10.1. The minimum atomic E-state index is 0.605. The summed E-state index contributed by atoms with van der Waals surface area (Å²) in [7, 11) is 1.64. The molecule has 0 atom stereocenters. The smallest absolute Gasteiger partial charge is 0.126 e. The monoisotopic (exact) mass is 345 g/mol. The van der Waals surface area contributed by atoms with Crippen LogP contribution in [0.2, 0.25) is 10.0 Å². The van der Waals surface area contributed by atoms with E-state index in [9.17, 15) is 0 Å². The van der Waals surface area contributed by atoms with E-state index in [1.807, 2.05) is 0 Å². The van der Waals surface area contributed by atoms with E-state index in [2.05, 4.69) is 12.2 Å². The van der Waals surface area contributed by atoms with E-state index in [0.717, 1.165) is 24.4 Å². The van der Waals surface area contributed by atoms with Crippen molar-refractivity contribution in [3.05, 3.63) is 27.7 Å². The first-order valence-corrected chi connectivity index (χ1v) is 9.17. The summed E-state index contributed by atoms with van der Waals surface area (Å²) >= 11 is 12.2. The van der Waals surface area contributed by atoms with Gasteiger partial charge in [0, 0.05) is 17.1 Å². The molecule has 1 rings (SSSR count). The molecule has 0 bridgehead atoms. The van der Waals surface area contributed by atoms with Crippen molar-refractivity contribution in [1.82, 2.24) is 5.32 Å². The minimum absolute atomic E-state index is 0.605. The highest BCUT2D eigenvalue weighted by Crippen LogP contribution is 2.30. The van der Waals surface area contributed by atoms with Gasteiger partial charge in [-0.05, 0) is 25.1 Å². The Kier molecular flexibility index (Phi) is 10.7. The summed E-state index contributed by atoms with van der Waals surface area (Å²) in [6, 6.07) is 3.57. The van der Waals surface area contributed by atoms with Gasteiger partial charge < -0.3 is 10.1 Å². The third-order valence-electron chi connectivity index (χ3n) is 3.85. The maximum Gasteiger partial charge on any atom is 0.126 e. The molecular formula is C18H29Cl2NO. The third-order valence-corrected chi connectivity index (χ3v) is 4.40. The van der Waals surface area contributed by atoms with Gasteiger partial charge in [0.25, 0.3) is 0 Å². The summed E-state index contributed by atoms with van der Waals surface area (Å²) in [5, 5.41) is 4.71. The summed E-state index contributed by atoms with van der Waals surface area (Å²) in [6.07, 6.45) is 10.7. The molecule has 0 fully saturated rings. The van der Waals surface area contributed by atoms with Crippen molar-refractivity contribution in [2.45, 2.75) is 64.8 Å². The molecule has 0 spiro atoms. The summed E-state index contributed by atoms with van der Waals surface area (Å²) < 4.78 is 5.34. The molecule has 0 aliphatic rings. The fourth-order valence-electron chi connectivity index (χ4n) is 2.53. The molecule has 1 aromatic rings. The van der Waals surface area contributed by atoms with Crippen molar-refractivity contribution < 1.29 is 4.74 Å². The van der Waals surface area contributed by atoms with Gasteiger partial charge in [0.1, 0.15) is 5.75 Å². The lowest BCUT2D eigenvalue weighted by molar-refractivity contribution is 0.407. The largest absolute Gasteiger partial charge is 0.496 e. The molecule has 0 heterocycles. The van der Waals surface area contributed by atoms with Crippen LogP contribution in [0.1, 0.15) is 63.9 Å². The van der Waals surface area contributed by atoms with E-state index >= 15 is 0 Å². The first-order chi connectivity index (χ1) is 10.7. The van der Waals surface area contributed by atoms with Gasteiger partial charge in [-0.15, -0.1) is 0 Å². The topological polar surface area (TPSA) is 21.3 Å². The van der Waals surface area contributed by atoms with Crippen molar-refractivity contribution in [2.24, 2.45) is 0 Å². The summed E-state index contributed by atoms with van der Waals surface area (Å²) in [5.41, 5.74) is 0.980. The summed E-state index contributed by atoms with van der Waals surface area (Å²) in [5.74, 6) is 0.751. The molecule has 22 heavy (non-hydrogen) atoms. The Balaban J connectivity index is 2.15. The molecule has 0 unspecified atom stereocenters. The van der Waals surface area contributed by atoms with E-state index in [1.165, 1.54) is 51.4 Å². The fraction of sp³-hybridized carbons (Fsp3) is 0.667. The average Bonchev–Trinajstić information content (AvgIpc) is 2.50. The van der Waals surface area contributed by atoms with Crippen molar-refractivity contribution in [3.63, 3.8) is 0 Å². The molecule has 0 saturated carbocycles. The van der Waals surface area contributed by atoms with E-state index in [4.69, 9.17) is 27.9 Å².